The highest BCUT2D eigenvalue weighted by Gasteiger charge is 2.05. The van der Waals surface area contributed by atoms with E-state index < -0.39 is 0 Å². The molecule has 1 aromatic rings. The van der Waals surface area contributed by atoms with E-state index in [-0.39, 0.29) is 5.92 Å². The first-order valence-electron chi connectivity index (χ1n) is 4.02. The van der Waals surface area contributed by atoms with Crippen LogP contribution in [0, 0.1) is 5.92 Å². The van der Waals surface area contributed by atoms with E-state index in [2.05, 4.69) is 31.9 Å². The molecule has 13 heavy (non-hydrogen) atoms. The highest BCUT2D eigenvalue weighted by atomic mass is 79.9. The zero-order chi connectivity index (χ0) is 9.84. The summed E-state index contributed by atoms with van der Waals surface area (Å²) in [5.74, 6) is 0.0810. The molecule has 1 unspecified atom stereocenters. The van der Waals surface area contributed by atoms with Gasteiger partial charge in [-0.05, 0) is 24.1 Å². The van der Waals surface area contributed by atoms with Crippen LogP contribution in [-0.4, -0.2) is 6.29 Å². The Labute approximate surface area is 94.8 Å². The van der Waals surface area contributed by atoms with E-state index in [1.54, 1.807) is 0 Å². The SMILES string of the molecule is CC(C=O)Cc1ccc(Br)cc1Br. The summed E-state index contributed by atoms with van der Waals surface area (Å²) in [5, 5.41) is 0. The molecule has 0 fully saturated rings. The van der Waals surface area contributed by atoms with E-state index in [9.17, 15) is 4.79 Å². The van der Waals surface area contributed by atoms with Crippen molar-refractivity contribution in [3.63, 3.8) is 0 Å². The molecule has 0 aliphatic heterocycles. The number of carbonyl (C=O) groups excluding carboxylic acids is 1. The molecule has 70 valence electrons. The second-order valence-corrected chi connectivity index (χ2v) is 4.82. The highest BCUT2D eigenvalue weighted by Crippen LogP contribution is 2.23. The van der Waals surface area contributed by atoms with Crippen LogP contribution in [0.25, 0.3) is 0 Å². The lowest BCUT2D eigenvalue weighted by atomic mass is 10.0. The topological polar surface area (TPSA) is 17.1 Å². The standard InChI is InChI=1S/C10H10Br2O/c1-7(6-13)4-8-2-3-9(11)5-10(8)12/h2-3,5-7H,4H2,1H3. The third kappa shape index (κ3) is 3.24. The summed E-state index contributed by atoms with van der Waals surface area (Å²) in [4.78, 5) is 10.5. The number of benzene rings is 1. The van der Waals surface area contributed by atoms with Crippen LogP contribution in [0.15, 0.2) is 27.1 Å². The molecule has 0 saturated heterocycles. The van der Waals surface area contributed by atoms with Gasteiger partial charge >= 0.3 is 0 Å². The summed E-state index contributed by atoms with van der Waals surface area (Å²) in [6.07, 6.45) is 1.77. The first kappa shape index (κ1) is 10.9. The summed E-state index contributed by atoms with van der Waals surface area (Å²) < 4.78 is 2.09. The number of hydrogen-bond donors (Lipinski definition) is 0. The average molecular weight is 306 g/mol. The lowest BCUT2D eigenvalue weighted by Gasteiger charge is -2.06. The molecule has 1 aromatic carbocycles. The van der Waals surface area contributed by atoms with Crippen molar-refractivity contribution < 1.29 is 4.79 Å². The summed E-state index contributed by atoms with van der Waals surface area (Å²) in [5.41, 5.74) is 1.17. The molecule has 0 N–H and O–H groups in total. The van der Waals surface area contributed by atoms with Crippen LogP contribution in [0.5, 0.6) is 0 Å². The van der Waals surface area contributed by atoms with Gasteiger partial charge in [0.05, 0.1) is 0 Å². The largest absolute Gasteiger partial charge is 0.303 e. The van der Waals surface area contributed by atoms with Gasteiger partial charge in [-0.3, -0.25) is 0 Å². The van der Waals surface area contributed by atoms with Crippen LogP contribution in [0.1, 0.15) is 12.5 Å². The predicted molar refractivity (Wildman–Crippen MR) is 60.8 cm³/mol. The van der Waals surface area contributed by atoms with Crippen LogP contribution < -0.4 is 0 Å². The second kappa shape index (κ2) is 4.91. The molecule has 0 spiro atoms. The Morgan fingerprint density at radius 3 is 2.69 bits per heavy atom. The molecule has 0 saturated carbocycles. The Kier molecular flexibility index (Phi) is 4.13. The minimum atomic E-state index is 0.0810. The van der Waals surface area contributed by atoms with E-state index in [4.69, 9.17) is 0 Å². The molecule has 0 bridgehead atoms. The molecule has 0 aliphatic carbocycles. The van der Waals surface area contributed by atoms with Gasteiger partial charge in [-0.15, -0.1) is 0 Å². The van der Waals surface area contributed by atoms with E-state index in [1.165, 1.54) is 5.56 Å². The highest BCUT2D eigenvalue weighted by molar-refractivity contribution is 9.11. The van der Waals surface area contributed by atoms with Crippen molar-refractivity contribution in [1.29, 1.82) is 0 Å². The average Bonchev–Trinajstić information content (AvgIpc) is 2.09. The van der Waals surface area contributed by atoms with Crippen LogP contribution in [-0.2, 0) is 11.2 Å². The third-order valence-corrected chi connectivity index (χ3v) is 3.02. The zero-order valence-electron chi connectivity index (χ0n) is 7.26. The predicted octanol–water partition coefficient (Wildman–Crippen LogP) is 3.59. The number of aldehydes is 1. The van der Waals surface area contributed by atoms with Crippen molar-refractivity contribution in [1.82, 2.24) is 0 Å². The van der Waals surface area contributed by atoms with Crippen molar-refractivity contribution in [3.05, 3.63) is 32.7 Å². The van der Waals surface area contributed by atoms with E-state index in [0.29, 0.717) is 0 Å². The van der Waals surface area contributed by atoms with Crippen molar-refractivity contribution >= 4 is 38.1 Å². The van der Waals surface area contributed by atoms with Gasteiger partial charge in [0, 0.05) is 14.9 Å². The molecule has 0 amide bonds. The van der Waals surface area contributed by atoms with Crippen molar-refractivity contribution in [2.75, 3.05) is 0 Å². The normalized spacial score (nSPS) is 12.5. The number of halogens is 2. The fraction of sp³-hybridized carbons (Fsp3) is 0.300. The van der Waals surface area contributed by atoms with E-state index >= 15 is 0 Å². The van der Waals surface area contributed by atoms with Gasteiger partial charge < -0.3 is 4.79 Å². The smallest absolute Gasteiger partial charge is 0.123 e. The molecule has 1 rings (SSSR count). The quantitative estimate of drug-likeness (QED) is 0.780. The van der Waals surface area contributed by atoms with E-state index in [0.717, 1.165) is 21.7 Å². The second-order valence-electron chi connectivity index (χ2n) is 3.05. The maximum atomic E-state index is 10.5. The lowest BCUT2D eigenvalue weighted by molar-refractivity contribution is -0.110. The summed E-state index contributed by atoms with van der Waals surface area (Å²) in [6, 6.07) is 6.00. The van der Waals surface area contributed by atoms with Gasteiger partial charge in [-0.25, -0.2) is 0 Å². The van der Waals surface area contributed by atoms with Gasteiger partial charge in [0.1, 0.15) is 6.29 Å². The van der Waals surface area contributed by atoms with Gasteiger partial charge in [-0.2, -0.15) is 0 Å². The van der Waals surface area contributed by atoms with E-state index in [1.807, 2.05) is 25.1 Å². The first-order chi connectivity index (χ1) is 6.13. The molecule has 0 aromatic heterocycles. The van der Waals surface area contributed by atoms with Crippen molar-refractivity contribution in [3.8, 4) is 0 Å². The monoisotopic (exact) mass is 304 g/mol. The number of carbonyl (C=O) groups is 1. The van der Waals surface area contributed by atoms with Crippen molar-refractivity contribution in [2.24, 2.45) is 5.92 Å². The molecule has 1 atom stereocenters. The van der Waals surface area contributed by atoms with Crippen LogP contribution in [0.2, 0.25) is 0 Å². The lowest BCUT2D eigenvalue weighted by Crippen LogP contribution is -2.01. The minimum absolute atomic E-state index is 0.0810. The van der Waals surface area contributed by atoms with Gasteiger partial charge in [0.25, 0.3) is 0 Å². The minimum Gasteiger partial charge on any atom is -0.303 e. The van der Waals surface area contributed by atoms with Crippen molar-refractivity contribution in [2.45, 2.75) is 13.3 Å². The zero-order valence-corrected chi connectivity index (χ0v) is 10.4. The fourth-order valence-electron chi connectivity index (χ4n) is 1.08. The Hall–Kier alpha value is -0.150. The number of hydrogen-bond acceptors (Lipinski definition) is 1. The maximum absolute atomic E-state index is 10.5. The van der Waals surface area contributed by atoms with Crippen LogP contribution in [0.3, 0.4) is 0 Å². The van der Waals surface area contributed by atoms with Gasteiger partial charge in [0.15, 0.2) is 0 Å². The molecule has 3 heteroatoms. The molecule has 0 aliphatic rings. The summed E-state index contributed by atoms with van der Waals surface area (Å²) in [6.45, 7) is 1.92. The Balaban J connectivity index is 2.83. The fourth-order valence-corrected chi connectivity index (χ4v) is 2.29. The molecular weight excluding hydrogens is 296 g/mol. The van der Waals surface area contributed by atoms with Crippen LogP contribution in [0.4, 0.5) is 0 Å². The number of rotatable bonds is 3. The Bertz CT molecular complexity index is 310. The summed E-state index contributed by atoms with van der Waals surface area (Å²) in [7, 11) is 0. The van der Waals surface area contributed by atoms with Gasteiger partial charge in [-0.1, -0.05) is 44.8 Å². The summed E-state index contributed by atoms with van der Waals surface area (Å²) >= 11 is 6.84. The van der Waals surface area contributed by atoms with Crippen LogP contribution >= 0.6 is 31.9 Å². The Morgan fingerprint density at radius 2 is 2.15 bits per heavy atom. The van der Waals surface area contributed by atoms with Gasteiger partial charge in [0.2, 0.25) is 0 Å². The Morgan fingerprint density at radius 1 is 1.46 bits per heavy atom. The molecule has 1 nitrogen and oxygen atoms in total. The third-order valence-electron chi connectivity index (χ3n) is 1.79. The first-order valence-corrected chi connectivity index (χ1v) is 5.61. The molecule has 0 radical (unpaired) electrons. The molecule has 0 heterocycles. The molecular formula is C10H10Br2O. The maximum Gasteiger partial charge on any atom is 0.123 e.